The van der Waals surface area contributed by atoms with E-state index in [4.69, 9.17) is 10.5 Å². The van der Waals surface area contributed by atoms with Gasteiger partial charge in [-0.05, 0) is 30.1 Å². The molecule has 0 aromatic rings. The fraction of sp³-hybridized carbons (Fsp3) is 0.895. The predicted octanol–water partition coefficient (Wildman–Crippen LogP) is 6.06. The standard InChI is InChI=1S/C11H25N.C4H10O.C2H6.C2H4/c1-10(2,3)7-9(12)8-11(4,5)6;1-3-4-5-2;2*1-2/h9H,7-8,12H2,1-6H3;3-4H2,1-2H3;1-2H3;1-2H2. The average molecular weight is 304 g/mol. The van der Waals surface area contributed by atoms with Gasteiger partial charge in [0.25, 0.3) is 0 Å². The van der Waals surface area contributed by atoms with Crippen LogP contribution in [0.3, 0.4) is 0 Å². The molecule has 2 heteroatoms. The topological polar surface area (TPSA) is 35.2 Å². The van der Waals surface area contributed by atoms with Gasteiger partial charge in [-0.25, -0.2) is 0 Å². The summed E-state index contributed by atoms with van der Waals surface area (Å²) in [7, 11) is 1.71. The maximum atomic E-state index is 6.05. The molecule has 0 aromatic carbocycles. The fourth-order valence-corrected chi connectivity index (χ4v) is 1.85. The Hall–Kier alpha value is -0.340. The second-order valence-electron chi connectivity index (χ2n) is 7.28. The first-order chi connectivity index (χ1) is 9.52. The summed E-state index contributed by atoms with van der Waals surface area (Å²) in [4.78, 5) is 0. The number of hydrogen-bond donors (Lipinski definition) is 1. The van der Waals surface area contributed by atoms with E-state index in [-0.39, 0.29) is 0 Å². The van der Waals surface area contributed by atoms with Gasteiger partial charge in [-0.2, -0.15) is 0 Å². The Balaban J connectivity index is -0.000000134. The summed E-state index contributed by atoms with van der Waals surface area (Å²) in [5.74, 6) is 0. The van der Waals surface area contributed by atoms with Gasteiger partial charge >= 0.3 is 0 Å². The van der Waals surface area contributed by atoms with E-state index >= 15 is 0 Å². The molecule has 0 fully saturated rings. The molecule has 0 heterocycles. The molecule has 0 saturated carbocycles. The molecule has 0 atom stereocenters. The van der Waals surface area contributed by atoms with Crippen molar-refractivity contribution in [1.29, 1.82) is 0 Å². The third-order valence-corrected chi connectivity index (χ3v) is 2.16. The van der Waals surface area contributed by atoms with E-state index < -0.39 is 0 Å². The number of hydrogen-bond acceptors (Lipinski definition) is 2. The summed E-state index contributed by atoms with van der Waals surface area (Å²) in [6.45, 7) is 26.4. The van der Waals surface area contributed by atoms with E-state index in [0.717, 1.165) is 25.9 Å². The highest BCUT2D eigenvalue weighted by Crippen LogP contribution is 2.27. The van der Waals surface area contributed by atoms with E-state index in [2.05, 4.69) is 61.6 Å². The van der Waals surface area contributed by atoms with Crippen molar-refractivity contribution in [1.82, 2.24) is 0 Å². The summed E-state index contributed by atoms with van der Waals surface area (Å²) in [5.41, 5.74) is 6.78. The third kappa shape index (κ3) is 45.1. The zero-order valence-corrected chi connectivity index (χ0v) is 16.8. The number of ether oxygens (including phenoxy) is 1. The highest BCUT2D eigenvalue weighted by molar-refractivity contribution is 4.76. The summed E-state index contributed by atoms with van der Waals surface area (Å²) < 4.78 is 4.69. The largest absolute Gasteiger partial charge is 0.385 e. The van der Waals surface area contributed by atoms with E-state index in [1.807, 2.05) is 13.8 Å². The van der Waals surface area contributed by atoms with Crippen LogP contribution in [-0.2, 0) is 4.74 Å². The molecule has 0 aliphatic carbocycles. The second kappa shape index (κ2) is 17.7. The Morgan fingerprint density at radius 3 is 1.29 bits per heavy atom. The molecular weight excluding hydrogens is 258 g/mol. The van der Waals surface area contributed by atoms with Gasteiger partial charge in [-0.15, -0.1) is 13.2 Å². The minimum atomic E-state index is 0.352. The van der Waals surface area contributed by atoms with Crippen LogP contribution in [-0.4, -0.2) is 19.8 Å². The van der Waals surface area contributed by atoms with Crippen molar-refractivity contribution >= 4 is 0 Å². The van der Waals surface area contributed by atoms with Gasteiger partial charge in [-0.3, -0.25) is 0 Å². The van der Waals surface area contributed by atoms with Gasteiger partial charge in [-0.1, -0.05) is 62.3 Å². The SMILES string of the molecule is C=C.CC.CC(C)(C)CC(N)CC(C)(C)C.CCCOC. The predicted molar refractivity (Wildman–Crippen MR) is 101 cm³/mol. The maximum Gasteiger partial charge on any atom is 0.0459 e. The summed E-state index contributed by atoms with van der Waals surface area (Å²) in [6.07, 6.45) is 3.35. The second-order valence-corrected chi connectivity index (χ2v) is 7.28. The fourth-order valence-electron chi connectivity index (χ4n) is 1.85. The van der Waals surface area contributed by atoms with Crippen LogP contribution >= 0.6 is 0 Å². The van der Waals surface area contributed by atoms with Crippen LogP contribution in [0.1, 0.15) is 81.6 Å². The molecule has 0 saturated heterocycles. The molecule has 0 radical (unpaired) electrons. The van der Waals surface area contributed by atoms with Gasteiger partial charge in [0.15, 0.2) is 0 Å². The van der Waals surface area contributed by atoms with Crippen molar-refractivity contribution in [3.8, 4) is 0 Å². The van der Waals surface area contributed by atoms with Crippen LogP contribution in [0.25, 0.3) is 0 Å². The average Bonchev–Trinajstić information content (AvgIpc) is 2.31. The Morgan fingerprint density at radius 2 is 1.19 bits per heavy atom. The first-order valence-corrected chi connectivity index (χ1v) is 8.26. The molecule has 132 valence electrons. The first-order valence-electron chi connectivity index (χ1n) is 8.26. The summed E-state index contributed by atoms with van der Waals surface area (Å²) in [5, 5.41) is 0. The van der Waals surface area contributed by atoms with Crippen LogP contribution in [0.15, 0.2) is 13.2 Å². The van der Waals surface area contributed by atoms with Gasteiger partial charge in [0.2, 0.25) is 0 Å². The molecule has 2 nitrogen and oxygen atoms in total. The zero-order valence-electron chi connectivity index (χ0n) is 16.8. The van der Waals surface area contributed by atoms with Crippen LogP contribution in [0, 0.1) is 10.8 Å². The normalized spacial score (nSPS) is 10.5. The van der Waals surface area contributed by atoms with Gasteiger partial charge in [0, 0.05) is 19.8 Å². The van der Waals surface area contributed by atoms with Crippen molar-refractivity contribution in [3.63, 3.8) is 0 Å². The van der Waals surface area contributed by atoms with E-state index in [9.17, 15) is 0 Å². The monoisotopic (exact) mass is 303 g/mol. The number of nitrogens with two attached hydrogens (primary N) is 1. The quantitative estimate of drug-likeness (QED) is 0.641. The smallest absolute Gasteiger partial charge is 0.0459 e. The Morgan fingerprint density at radius 1 is 0.905 bits per heavy atom. The first kappa shape index (κ1) is 28.8. The molecule has 0 aliphatic rings. The van der Waals surface area contributed by atoms with Crippen LogP contribution in [0.4, 0.5) is 0 Å². The minimum absolute atomic E-state index is 0.352. The van der Waals surface area contributed by atoms with Crippen molar-refractivity contribution in [2.45, 2.75) is 87.6 Å². The summed E-state index contributed by atoms with van der Waals surface area (Å²) in [6, 6.07) is 0.352. The minimum Gasteiger partial charge on any atom is -0.385 e. The molecule has 0 aromatic heterocycles. The molecule has 2 N–H and O–H groups in total. The Labute approximate surface area is 136 Å². The van der Waals surface area contributed by atoms with Gasteiger partial charge in [0.1, 0.15) is 0 Å². The van der Waals surface area contributed by atoms with E-state index in [1.165, 1.54) is 0 Å². The summed E-state index contributed by atoms with van der Waals surface area (Å²) >= 11 is 0. The van der Waals surface area contributed by atoms with Gasteiger partial charge < -0.3 is 10.5 Å². The molecule has 0 rings (SSSR count). The van der Waals surface area contributed by atoms with Gasteiger partial charge in [0.05, 0.1) is 0 Å². The lowest BCUT2D eigenvalue weighted by Gasteiger charge is -2.28. The molecule has 0 unspecified atom stereocenters. The maximum absolute atomic E-state index is 6.05. The lowest BCUT2D eigenvalue weighted by atomic mass is 9.81. The third-order valence-electron chi connectivity index (χ3n) is 2.16. The van der Waals surface area contributed by atoms with Crippen molar-refractivity contribution in [2.24, 2.45) is 16.6 Å². The van der Waals surface area contributed by atoms with Crippen LogP contribution in [0.5, 0.6) is 0 Å². The molecule has 0 bridgehead atoms. The van der Waals surface area contributed by atoms with Crippen molar-refractivity contribution in [3.05, 3.63) is 13.2 Å². The van der Waals surface area contributed by atoms with Crippen molar-refractivity contribution < 1.29 is 4.74 Å². The highest BCUT2D eigenvalue weighted by atomic mass is 16.5. The van der Waals surface area contributed by atoms with E-state index in [0.29, 0.717) is 16.9 Å². The number of methoxy groups -OCH3 is 1. The zero-order chi connectivity index (χ0) is 18.1. The molecular formula is C19H45NO. The van der Waals surface area contributed by atoms with Crippen LogP contribution < -0.4 is 5.73 Å². The Bertz CT molecular complexity index is 159. The highest BCUT2D eigenvalue weighted by Gasteiger charge is 2.20. The molecule has 21 heavy (non-hydrogen) atoms. The molecule has 0 amide bonds. The molecule has 0 spiro atoms. The Kier molecular flexibility index (Phi) is 24.3. The lowest BCUT2D eigenvalue weighted by Crippen LogP contribution is -2.30. The molecule has 0 aliphatic heterocycles. The van der Waals surface area contributed by atoms with Crippen LogP contribution in [0.2, 0.25) is 0 Å². The van der Waals surface area contributed by atoms with E-state index in [1.54, 1.807) is 7.11 Å². The number of rotatable bonds is 4. The lowest BCUT2D eigenvalue weighted by molar-refractivity contribution is 0.199. The van der Waals surface area contributed by atoms with Crippen molar-refractivity contribution in [2.75, 3.05) is 13.7 Å².